The van der Waals surface area contributed by atoms with Crippen LogP contribution in [0.5, 0.6) is 0 Å². The molecule has 0 aromatic carbocycles. The van der Waals surface area contributed by atoms with Crippen molar-refractivity contribution in [2.75, 3.05) is 38.7 Å². The second kappa shape index (κ2) is 9.07. The number of guanidine groups is 1. The summed E-state index contributed by atoms with van der Waals surface area (Å²) in [4.78, 5) is 6.47. The maximum absolute atomic E-state index is 11.1. The number of sulfone groups is 1. The van der Waals surface area contributed by atoms with Crippen LogP contribution in [0, 0.1) is 11.8 Å². The van der Waals surface area contributed by atoms with Gasteiger partial charge < -0.3 is 10.2 Å². The molecular formula is C13H28IN3O2S. The molecule has 20 heavy (non-hydrogen) atoms. The highest BCUT2D eigenvalue weighted by Crippen LogP contribution is 2.23. The van der Waals surface area contributed by atoms with Crippen molar-refractivity contribution < 1.29 is 8.42 Å². The van der Waals surface area contributed by atoms with E-state index in [0.29, 0.717) is 6.54 Å². The lowest BCUT2D eigenvalue weighted by molar-refractivity contribution is 0.404. The van der Waals surface area contributed by atoms with Gasteiger partial charge in [-0.05, 0) is 24.7 Å². The largest absolute Gasteiger partial charge is 0.355 e. The zero-order valence-electron chi connectivity index (χ0n) is 12.9. The maximum Gasteiger partial charge on any atom is 0.193 e. The Morgan fingerprint density at radius 2 is 2.10 bits per heavy atom. The second-order valence-corrected chi connectivity index (χ2v) is 8.09. The van der Waals surface area contributed by atoms with Crippen LogP contribution >= 0.6 is 24.0 Å². The molecule has 1 aliphatic rings. The Morgan fingerprint density at radius 3 is 2.60 bits per heavy atom. The van der Waals surface area contributed by atoms with E-state index in [-0.39, 0.29) is 29.7 Å². The molecule has 5 nitrogen and oxygen atoms in total. The van der Waals surface area contributed by atoms with Crippen LogP contribution in [0.15, 0.2) is 4.99 Å². The van der Waals surface area contributed by atoms with Gasteiger partial charge in [0.1, 0.15) is 9.84 Å². The van der Waals surface area contributed by atoms with Crippen molar-refractivity contribution in [3.63, 3.8) is 0 Å². The number of nitrogens with one attached hydrogen (secondary N) is 1. The standard InChI is InChI=1S/C13H27N3O2S.HI/c1-11(2)9-12-5-7-16(10-12)13(14-3)15-6-8-19(4,17)18;/h11-12H,5-10H2,1-4H3,(H,14,15);1H. The van der Waals surface area contributed by atoms with Crippen LogP contribution in [-0.2, 0) is 9.84 Å². The first-order valence-electron chi connectivity index (χ1n) is 6.95. The summed E-state index contributed by atoms with van der Waals surface area (Å²) in [5, 5.41) is 3.14. The summed E-state index contributed by atoms with van der Waals surface area (Å²) in [5.41, 5.74) is 0. The molecule has 1 aliphatic heterocycles. The second-order valence-electron chi connectivity index (χ2n) is 5.83. The van der Waals surface area contributed by atoms with Crippen molar-refractivity contribution in [2.24, 2.45) is 16.8 Å². The SMILES string of the molecule is CN=C(NCCS(C)(=O)=O)N1CCC(CC(C)C)C1.I. The summed E-state index contributed by atoms with van der Waals surface area (Å²) < 4.78 is 22.2. The fraction of sp³-hybridized carbons (Fsp3) is 0.923. The Bertz CT molecular complexity index is 410. The monoisotopic (exact) mass is 417 g/mol. The van der Waals surface area contributed by atoms with Crippen LogP contribution in [0.4, 0.5) is 0 Å². The zero-order valence-corrected chi connectivity index (χ0v) is 16.1. The zero-order chi connectivity index (χ0) is 14.5. The van der Waals surface area contributed by atoms with Gasteiger partial charge in [-0.15, -0.1) is 24.0 Å². The van der Waals surface area contributed by atoms with E-state index in [1.807, 2.05) is 0 Å². The predicted octanol–water partition coefficient (Wildman–Crippen LogP) is 1.59. The van der Waals surface area contributed by atoms with Crippen LogP contribution in [-0.4, -0.2) is 58.0 Å². The Labute approximate surface area is 140 Å². The third kappa shape index (κ3) is 7.66. The topological polar surface area (TPSA) is 61.8 Å². The van der Waals surface area contributed by atoms with Crippen LogP contribution < -0.4 is 5.32 Å². The van der Waals surface area contributed by atoms with E-state index in [1.165, 1.54) is 19.1 Å². The van der Waals surface area contributed by atoms with Gasteiger partial charge in [0.2, 0.25) is 0 Å². The van der Waals surface area contributed by atoms with Crippen LogP contribution in [0.1, 0.15) is 26.7 Å². The summed E-state index contributed by atoms with van der Waals surface area (Å²) in [7, 11) is -1.17. The molecule has 0 spiro atoms. The van der Waals surface area contributed by atoms with E-state index in [4.69, 9.17) is 0 Å². The van der Waals surface area contributed by atoms with Gasteiger partial charge in [0.15, 0.2) is 5.96 Å². The van der Waals surface area contributed by atoms with Crippen molar-refractivity contribution >= 4 is 39.8 Å². The molecule has 1 unspecified atom stereocenters. The number of likely N-dealkylation sites (tertiary alicyclic amines) is 1. The lowest BCUT2D eigenvalue weighted by atomic mass is 9.97. The third-order valence-electron chi connectivity index (χ3n) is 3.36. The normalized spacial score (nSPS) is 20.1. The molecule has 1 heterocycles. The fourth-order valence-corrected chi connectivity index (χ4v) is 3.04. The highest BCUT2D eigenvalue weighted by atomic mass is 127. The summed E-state index contributed by atoms with van der Waals surface area (Å²) >= 11 is 0. The molecule has 120 valence electrons. The van der Waals surface area contributed by atoms with E-state index in [9.17, 15) is 8.42 Å². The number of aliphatic imine (C=N–C) groups is 1. The number of hydrogen-bond donors (Lipinski definition) is 1. The van der Waals surface area contributed by atoms with Crippen LogP contribution in [0.25, 0.3) is 0 Å². The van der Waals surface area contributed by atoms with Crippen LogP contribution in [0.3, 0.4) is 0 Å². The number of halogens is 1. The number of nitrogens with zero attached hydrogens (tertiary/aromatic N) is 2. The van der Waals surface area contributed by atoms with E-state index in [0.717, 1.165) is 30.9 Å². The maximum atomic E-state index is 11.1. The highest BCUT2D eigenvalue weighted by molar-refractivity contribution is 14.0. The van der Waals surface area contributed by atoms with Gasteiger partial charge in [-0.1, -0.05) is 13.8 Å². The quantitative estimate of drug-likeness (QED) is 0.419. The van der Waals surface area contributed by atoms with Crippen molar-refractivity contribution in [3.05, 3.63) is 0 Å². The minimum absolute atomic E-state index is 0. The molecule has 0 radical (unpaired) electrons. The molecule has 0 amide bonds. The lowest BCUT2D eigenvalue weighted by Crippen LogP contribution is -2.41. The highest BCUT2D eigenvalue weighted by Gasteiger charge is 2.25. The molecular weight excluding hydrogens is 389 g/mol. The Kier molecular flexibility index (Phi) is 9.04. The number of hydrogen-bond acceptors (Lipinski definition) is 3. The predicted molar refractivity (Wildman–Crippen MR) is 95.6 cm³/mol. The van der Waals surface area contributed by atoms with E-state index in [1.54, 1.807) is 7.05 Å². The average Bonchev–Trinajstić information content (AvgIpc) is 2.70. The van der Waals surface area contributed by atoms with Gasteiger partial charge in [-0.25, -0.2) is 8.42 Å². The Morgan fingerprint density at radius 1 is 1.45 bits per heavy atom. The van der Waals surface area contributed by atoms with E-state index in [2.05, 4.69) is 29.1 Å². The molecule has 1 atom stereocenters. The molecule has 1 rings (SSSR count). The van der Waals surface area contributed by atoms with E-state index >= 15 is 0 Å². The average molecular weight is 417 g/mol. The first-order chi connectivity index (χ1) is 8.81. The third-order valence-corrected chi connectivity index (χ3v) is 4.30. The van der Waals surface area contributed by atoms with Crippen molar-refractivity contribution in [1.82, 2.24) is 10.2 Å². The Balaban J connectivity index is 0.00000361. The number of rotatable bonds is 5. The molecule has 7 heteroatoms. The lowest BCUT2D eigenvalue weighted by Gasteiger charge is -2.22. The van der Waals surface area contributed by atoms with Gasteiger partial charge in [0, 0.05) is 32.9 Å². The molecule has 1 fully saturated rings. The Hall–Kier alpha value is -0.0500. The molecule has 1 N–H and O–H groups in total. The van der Waals surface area contributed by atoms with Gasteiger partial charge in [0.25, 0.3) is 0 Å². The molecule has 0 aromatic rings. The van der Waals surface area contributed by atoms with Crippen molar-refractivity contribution in [3.8, 4) is 0 Å². The van der Waals surface area contributed by atoms with Crippen LogP contribution in [0.2, 0.25) is 0 Å². The smallest absolute Gasteiger partial charge is 0.193 e. The van der Waals surface area contributed by atoms with Gasteiger partial charge in [0.05, 0.1) is 5.75 Å². The fourth-order valence-electron chi connectivity index (χ4n) is 2.56. The van der Waals surface area contributed by atoms with Crippen molar-refractivity contribution in [1.29, 1.82) is 0 Å². The summed E-state index contributed by atoms with van der Waals surface area (Å²) in [5.74, 6) is 2.43. The molecule has 0 bridgehead atoms. The minimum atomic E-state index is -2.91. The van der Waals surface area contributed by atoms with Gasteiger partial charge in [-0.3, -0.25) is 4.99 Å². The first-order valence-corrected chi connectivity index (χ1v) is 9.01. The van der Waals surface area contributed by atoms with Crippen molar-refractivity contribution in [2.45, 2.75) is 26.7 Å². The van der Waals surface area contributed by atoms with E-state index < -0.39 is 9.84 Å². The summed E-state index contributed by atoms with van der Waals surface area (Å²) in [6, 6.07) is 0. The molecule has 1 saturated heterocycles. The summed E-state index contributed by atoms with van der Waals surface area (Å²) in [6.07, 6.45) is 3.70. The van der Waals surface area contributed by atoms with Gasteiger partial charge >= 0.3 is 0 Å². The molecule has 0 aliphatic carbocycles. The first kappa shape index (κ1) is 19.9. The minimum Gasteiger partial charge on any atom is -0.355 e. The summed E-state index contributed by atoms with van der Waals surface area (Å²) in [6.45, 7) is 6.97. The molecule has 0 aromatic heterocycles. The van der Waals surface area contributed by atoms with Gasteiger partial charge in [-0.2, -0.15) is 0 Å². The molecule has 0 saturated carbocycles.